The van der Waals surface area contributed by atoms with Gasteiger partial charge in [0.25, 0.3) is 0 Å². The number of nitrogens with two attached hydrogens (primary N) is 1. The van der Waals surface area contributed by atoms with Crippen molar-refractivity contribution in [3.05, 3.63) is 47.9 Å². The third kappa shape index (κ3) is 4.05. The number of aromatic nitrogens is 2. The molecule has 1 aliphatic heterocycles. The van der Waals surface area contributed by atoms with Gasteiger partial charge in [-0.15, -0.1) is 0 Å². The molecule has 1 fully saturated rings. The Labute approximate surface area is 169 Å². The van der Waals surface area contributed by atoms with Crippen LogP contribution in [0.1, 0.15) is 30.5 Å². The van der Waals surface area contributed by atoms with Crippen molar-refractivity contribution >= 4 is 34.4 Å². The van der Waals surface area contributed by atoms with E-state index in [2.05, 4.69) is 22.1 Å². The maximum Gasteiger partial charge on any atom is 0.308 e. The molecule has 1 aromatic carbocycles. The van der Waals surface area contributed by atoms with E-state index in [0.29, 0.717) is 30.7 Å². The molecule has 4 rings (SSSR count). The summed E-state index contributed by atoms with van der Waals surface area (Å²) >= 11 is 0. The van der Waals surface area contributed by atoms with Gasteiger partial charge in [0.15, 0.2) is 0 Å². The van der Waals surface area contributed by atoms with Gasteiger partial charge in [0, 0.05) is 23.6 Å². The second kappa shape index (κ2) is 8.53. The summed E-state index contributed by atoms with van der Waals surface area (Å²) in [6.07, 6.45) is 9.32. The van der Waals surface area contributed by atoms with Crippen LogP contribution in [0.3, 0.4) is 0 Å². The van der Waals surface area contributed by atoms with E-state index < -0.39 is 0 Å². The minimum absolute atomic E-state index is 0.0502. The fourth-order valence-electron chi connectivity index (χ4n) is 3.66. The number of hydrogen-bond donors (Lipinski definition) is 1. The summed E-state index contributed by atoms with van der Waals surface area (Å²) in [6, 6.07) is 6.12. The Balaban J connectivity index is 1.53. The number of nitrogens with zero attached hydrogens (tertiary/aromatic N) is 3. The number of ether oxygens (including phenoxy) is 2. The summed E-state index contributed by atoms with van der Waals surface area (Å²) in [5.41, 5.74) is 11.2. The van der Waals surface area contributed by atoms with Gasteiger partial charge in [0.2, 0.25) is 0 Å². The largest absolute Gasteiger partial charge is 0.469 e. The first-order valence-corrected chi connectivity index (χ1v) is 9.75. The molecule has 2 N–H and O–H groups in total. The number of fused-ring (bicyclic) bond motifs is 1. The van der Waals surface area contributed by atoms with Crippen molar-refractivity contribution in [2.75, 3.05) is 20.3 Å². The van der Waals surface area contributed by atoms with Crippen molar-refractivity contribution in [3.8, 4) is 0 Å². The van der Waals surface area contributed by atoms with Gasteiger partial charge in [0.05, 0.1) is 55.2 Å². The van der Waals surface area contributed by atoms with E-state index in [0.717, 1.165) is 29.6 Å². The first-order chi connectivity index (χ1) is 14.2. The second-order valence-corrected chi connectivity index (χ2v) is 7.23. The fourth-order valence-corrected chi connectivity index (χ4v) is 3.66. The van der Waals surface area contributed by atoms with Crippen LogP contribution in [0.15, 0.2) is 41.7 Å². The predicted octanol–water partition coefficient (Wildman–Crippen LogP) is 2.76. The molecule has 1 aromatic heterocycles. The molecule has 0 radical (unpaired) electrons. The van der Waals surface area contributed by atoms with Crippen LogP contribution in [0.5, 0.6) is 0 Å². The van der Waals surface area contributed by atoms with E-state index in [-0.39, 0.29) is 17.9 Å². The van der Waals surface area contributed by atoms with E-state index in [9.17, 15) is 4.79 Å². The van der Waals surface area contributed by atoms with Gasteiger partial charge >= 0.3 is 5.97 Å². The predicted molar refractivity (Wildman–Crippen MR) is 112 cm³/mol. The topological polar surface area (TPSA) is 99.7 Å². The quantitative estimate of drug-likeness (QED) is 0.620. The number of aliphatic imine (C=N–C) groups is 1. The Bertz CT molecular complexity index is 1010. The monoisotopic (exact) mass is 392 g/mol. The Morgan fingerprint density at radius 1 is 1.38 bits per heavy atom. The number of rotatable bonds is 5. The maximum absolute atomic E-state index is 11.5. The average molecular weight is 392 g/mol. The zero-order valence-corrected chi connectivity index (χ0v) is 16.4. The first kappa shape index (κ1) is 19.3. The zero-order chi connectivity index (χ0) is 20.2. The normalized spacial score (nSPS) is 22.4. The molecular formula is C22H24N4O3. The fraction of sp³-hybridized carbons (Fsp3) is 0.364. The molecule has 0 saturated heterocycles. The average Bonchev–Trinajstić information content (AvgIpc) is 2.74. The number of para-hydroxylation sites is 1. The lowest BCUT2D eigenvalue weighted by atomic mass is 9.81. The first-order valence-electron chi connectivity index (χ1n) is 9.75. The van der Waals surface area contributed by atoms with Crippen molar-refractivity contribution in [1.29, 1.82) is 0 Å². The standard InChI is InChI=1S/C22H24N4O3/c1-28-22(27)15-9-17(10-15)24-12-16(11-23)20-13-25-21-18(3-2-4-19(21)26-20)14-5-7-29-8-6-14/h2-5,11-13,15,17H,6-10,23H2,1H3. The highest BCUT2D eigenvalue weighted by Gasteiger charge is 2.34. The van der Waals surface area contributed by atoms with Crippen molar-refractivity contribution in [1.82, 2.24) is 9.97 Å². The Morgan fingerprint density at radius 2 is 2.24 bits per heavy atom. The van der Waals surface area contributed by atoms with Gasteiger partial charge in [-0.05, 0) is 30.9 Å². The molecule has 1 saturated carbocycles. The zero-order valence-electron chi connectivity index (χ0n) is 16.4. The van der Waals surface area contributed by atoms with E-state index in [1.54, 1.807) is 12.4 Å². The highest BCUT2D eigenvalue weighted by molar-refractivity contribution is 6.09. The number of allylic oxidation sites excluding steroid dienone is 1. The number of esters is 1. The molecule has 2 heterocycles. The summed E-state index contributed by atoms with van der Waals surface area (Å²) < 4.78 is 10.2. The highest BCUT2D eigenvalue weighted by Crippen LogP contribution is 2.31. The van der Waals surface area contributed by atoms with Crippen molar-refractivity contribution in [2.24, 2.45) is 16.6 Å². The SMILES string of the molecule is COC(=O)C1CC(N=CC(=CN)c2cnc3c(C4=CCOCC4)cccc3n2)C1. The van der Waals surface area contributed by atoms with E-state index in [4.69, 9.17) is 20.2 Å². The second-order valence-electron chi connectivity index (χ2n) is 7.23. The van der Waals surface area contributed by atoms with Crippen molar-refractivity contribution in [3.63, 3.8) is 0 Å². The lowest BCUT2D eigenvalue weighted by Crippen LogP contribution is -2.34. The minimum Gasteiger partial charge on any atom is -0.469 e. The van der Waals surface area contributed by atoms with Gasteiger partial charge in [-0.3, -0.25) is 14.8 Å². The summed E-state index contributed by atoms with van der Waals surface area (Å²) in [5, 5.41) is 0. The molecule has 0 spiro atoms. The van der Waals surface area contributed by atoms with Gasteiger partial charge in [-0.2, -0.15) is 0 Å². The molecule has 1 aliphatic carbocycles. The third-order valence-electron chi connectivity index (χ3n) is 5.43. The number of carbonyl (C=O) groups excluding carboxylic acids is 1. The van der Waals surface area contributed by atoms with Crippen LogP contribution in [0.25, 0.3) is 22.2 Å². The number of carbonyl (C=O) groups is 1. The summed E-state index contributed by atoms with van der Waals surface area (Å²) in [4.78, 5) is 25.4. The Morgan fingerprint density at radius 3 is 2.97 bits per heavy atom. The molecule has 0 amide bonds. The molecule has 7 heteroatoms. The Kier molecular flexibility index (Phi) is 5.67. The molecule has 29 heavy (non-hydrogen) atoms. The van der Waals surface area contributed by atoms with Crippen LogP contribution in [0.4, 0.5) is 0 Å². The molecule has 0 atom stereocenters. The van der Waals surface area contributed by atoms with Crippen LogP contribution >= 0.6 is 0 Å². The molecule has 0 bridgehead atoms. The summed E-state index contributed by atoms with van der Waals surface area (Å²) in [5.74, 6) is -0.215. The molecule has 2 aliphatic rings. The molecule has 0 unspecified atom stereocenters. The number of methoxy groups -OCH3 is 1. The smallest absolute Gasteiger partial charge is 0.308 e. The molecule has 150 valence electrons. The van der Waals surface area contributed by atoms with Crippen molar-refractivity contribution in [2.45, 2.75) is 25.3 Å². The number of hydrogen-bond acceptors (Lipinski definition) is 7. The molecule has 2 aromatic rings. The van der Waals surface area contributed by atoms with E-state index in [1.807, 2.05) is 12.1 Å². The van der Waals surface area contributed by atoms with Gasteiger partial charge in [-0.1, -0.05) is 18.2 Å². The van der Waals surface area contributed by atoms with Crippen molar-refractivity contribution < 1.29 is 14.3 Å². The highest BCUT2D eigenvalue weighted by atomic mass is 16.5. The lowest BCUT2D eigenvalue weighted by Gasteiger charge is -2.29. The van der Waals surface area contributed by atoms with Crippen LogP contribution in [0, 0.1) is 5.92 Å². The molecular weight excluding hydrogens is 368 g/mol. The summed E-state index contributed by atoms with van der Waals surface area (Å²) in [6.45, 7) is 1.36. The van der Waals surface area contributed by atoms with Gasteiger partial charge < -0.3 is 15.2 Å². The van der Waals surface area contributed by atoms with Crippen LogP contribution < -0.4 is 5.73 Å². The summed E-state index contributed by atoms with van der Waals surface area (Å²) in [7, 11) is 1.41. The van der Waals surface area contributed by atoms with Crippen LogP contribution in [0.2, 0.25) is 0 Å². The number of benzene rings is 1. The molecule has 7 nitrogen and oxygen atoms in total. The van der Waals surface area contributed by atoms with Crippen LogP contribution in [-0.4, -0.2) is 48.5 Å². The lowest BCUT2D eigenvalue weighted by molar-refractivity contribution is -0.148. The minimum atomic E-state index is -0.165. The van der Waals surface area contributed by atoms with Gasteiger partial charge in [0.1, 0.15) is 0 Å². The van der Waals surface area contributed by atoms with E-state index >= 15 is 0 Å². The third-order valence-corrected chi connectivity index (χ3v) is 5.43. The van der Waals surface area contributed by atoms with E-state index in [1.165, 1.54) is 18.9 Å². The maximum atomic E-state index is 11.5. The van der Waals surface area contributed by atoms with Gasteiger partial charge in [-0.25, -0.2) is 4.98 Å². The van der Waals surface area contributed by atoms with Crippen LogP contribution in [-0.2, 0) is 14.3 Å². The Hall–Kier alpha value is -3.06.